The van der Waals surface area contributed by atoms with Gasteiger partial charge in [-0.25, -0.2) is 4.98 Å². The summed E-state index contributed by atoms with van der Waals surface area (Å²) in [6, 6.07) is 63.9. The number of hydrogen-bond donors (Lipinski definition) is 0. The van der Waals surface area contributed by atoms with Crippen molar-refractivity contribution in [2.24, 2.45) is 0 Å². The van der Waals surface area contributed by atoms with Gasteiger partial charge in [0.15, 0.2) is 0 Å². The maximum absolute atomic E-state index is 6.54. The third-order valence-corrected chi connectivity index (χ3v) is 10.2. The van der Waals surface area contributed by atoms with Crippen LogP contribution < -0.4 is 9.30 Å². The Labute approximate surface area is 326 Å². The molecule has 0 saturated carbocycles. The van der Waals surface area contributed by atoms with E-state index in [1.807, 2.05) is 48.7 Å². The van der Waals surface area contributed by atoms with E-state index in [0.29, 0.717) is 11.5 Å². The number of pyridine rings is 1. The normalized spacial score (nSPS) is 11.6. The maximum atomic E-state index is 6.54. The number of para-hydroxylation sites is 3. The van der Waals surface area contributed by atoms with E-state index in [1.54, 1.807) is 0 Å². The first-order valence-corrected chi connectivity index (χ1v) is 17.6. The number of nitrogens with zero attached hydrogens (tertiary/aromatic N) is 4. The first-order valence-electron chi connectivity index (χ1n) is 17.6. The molecule has 1 aliphatic rings. The number of ether oxygens (including phenoxy) is 1. The number of benzene rings is 7. The Morgan fingerprint density at radius 1 is 0.500 bits per heavy atom. The summed E-state index contributed by atoms with van der Waals surface area (Å²) in [6.45, 7) is 0. The molecule has 3 aromatic heterocycles. The van der Waals surface area contributed by atoms with Crippen LogP contribution in [0, 0.1) is 18.5 Å². The van der Waals surface area contributed by atoms with Crippen molar-refractivity contribution < 1.29 is 30.4 Å². The first kappa shape index (κ1) is 32.1. The molecule has 0 fully saturated rings. The summed E-state index contributed by atoms with van der Waals surface area (Å²) in [5.41, 5.74) is 13.0. The van der Waals surface area contributed by atoms with Gasteiger partial charge in [-0.15, -0.1) is 29.7 Å². The summed E-state index contributed by atoms with van der Waals surface area (Å²) in [4.78, 5) is 4.67. The second kappa shape index (κ2) is 12.8. The van der Waals surface area contributed by atoms with Gasteiger partial charge in [0.05, 0.1) is 16.7 Å². The summed E-state index contributed by atoms with van der Waals surface area (Å²) in [5, 5.41) is 2.22. The number of rotatable bonds is 4. The van der Waals surface area contributed by atoms with Crippen LogP contribution in [0.25, 0.3) is 83.4 Å². The van der Waals surface area contributed by atoms with Crippen LogP contribution in [0.15, 0.2) is 170 Å². The zero-order chi connectivity index (χ0) is 34.9. The largest absolute Gasteiger partial charge is 0.510 e. The van der Waals surface area contributed by atoms with Crippen molar-refractivity contribution in [1.29, 1.82) is 0 Å². The topological polar surface area (TPSA) is 35.9 Å². The van der Waals surface area contributed by atoms with E-state index in [0.717, 1.165) is 61.2 Å². The molecular weight excluding hydrogens is 844 g/mol. The van der Waals surface area contributed by atoms with Crippen LogP contribution in [-0.4, -0.2) is 14.1 Å². The molecule has 258 valence electrons. The monoisotopic (exact) mass is 871 g/mol. The predicted octanol–water partition coefficient (Wildman–Crippen LogP) is 10.9. The Morgan fingerprint density at radius 2 is 1.13 bits per heavy atom. The minimum atomic E-state index is 0. The second-order valence-electron chi connectivity index (χ2n) is 13.2. The average molecular weight is 872 g/mol. The quantitative estimate of drug-likeness (QED) is 0.130. The van der Waals surface area contributed by atoms with E-state index >= 15 is 0 Å². The molecule has 0 unspecified atom stereocenters. The van der Waals surface area contributed by atoms with Crippen LogP contribution in [0.3, 0.4) is 0 Å². The third-order valence-electron chi connectivity index (χ3n) is 10.2. The van der Waals surface area contributed by atoms with Crippen molar-refractivity contribution in [2.75, 3.05) is 0 Å². The van der Waals surface area contributed by atoms with Crippen LogP contribution in [-0.2, 0) is 21.1 Å². The van der Waals surface area contributed by atoms with Crippen molar-refractivity contribution in [2.45, 2.75) is 0 Å². The van der Waals surface area contributed by atoms with Gasteiger partial charge in [-0.2, -0.15) is 18.2 Å². The van der Waals surface area contributed by atoms with Gasteiger partial charge in [-0.05, 0) is 68.7 Å². The molecule has 10 aromatic rings. The minimum absolute atomic E-state index is 0. The minimum Gasteiger partial charge on any atom is -0.510 e. The van der Waals surface area contributed by atoms with E-state index in [-0.39, 0.29) is 21.1 Å². The Morgan fingerprint density at radius 3 is 1.93 bits per heavy atom. The summed E-state index contributed by atoms with van der Waals surface area (Å²) in [7, 11) is 0. The Balaban J connectivity index is 0.00000361. The zero-order valence-corrected chi connectivity index (χ0v) is 31.0. The van der Waals surface area contributed by atoms with Crippen molar-refractivity contribution in [1.82, 2.24) is 14.1 Å². The number of imidazole rings is 1. The molecule has 0 saturated heterocycles. The summed E-state index contributed by atoms with van der Waals surface area (Å²) in [5.74, 6) is 2.00. The van der Waals surface area contributed by atoms with Gasteiger partial charge in [0.1, 0.15) is 5.82 Å². The van der Waals surface area contributed by atoms with Crippen molar-refractivity contribution in [3.05, 3.63) is 188 Å². The van der Waals surface area contributed by atoms with Gasteiger partial charge < -0.3 is 13.9 Å². The molecule has 4 heterocycles. The van der Waals surface area contributed by atoms with Gasteiger partial charge in [0.2, 0.25) is 0 Å². The van der Waals surface area contributed by atoms with Crippen LogP contribution in [0.2, 0.25) is 0 Å². The molecule has 54 heavy (non-hydrogen) atoms. The van der Waals surface area contributed by atoms with E-state index in [1.165, 1.54) is 22.3 Å². The molecule has 0 amide bonds. The fraction of sp³-hybridized carbons (Fsp3) is 0. The van der Waals surface area contributed by atoms with Gasteiger partial charge in [0, 0.05) is 44.3 Å². The standard InChI is InChI=1S/C48H28N4O.Pt/c1-3-17-37-35(15-1)36-16-2-4-18-38(36)42-21-12-24-45-48(42)51(43-22-7-5-19-39(37)43)31-50(45)32-13-11-14-33(29-32)53-34-26-27-41-40-20-6-8-23-44(40)52(46(41)30-34)47-25-9-10-28-49-47;/h1-28H;/q-2;. The van der Waals surface area contributed by atoms with Gasteiger partial charge in [-0.3, -0.25) is 4.57 Å². The third kappa shape index (κ3) is 4.97. The van der Waals surface area contributed by atoms with E-state index in [9.17, 15) is 0 Å². The summed E-state index contributed by atoms with van der Waals surface area (Å²) >= 11 is 0. The Hall–Kier alpha value is -6.55. The van der Waals surface area contributed by atoms with Crippen LogP contribution in [0.1, 0.15) is 0 Å². The molecule has 0 bridgehead atoms. The molecule has 0 spiro atoms. The van der Waals surface area contributed by atoms with Crippen molar-refractivity contribution in [3.63, 3.8) is 0 Å². The van der Waals surface area contributed by atoms with E-state index < -0.39 is 0 Å². The number of aromatic nitrogens is 4. The van der Waals surface area contributed by atoms with Gasteiger partial charge in [-0.1, -0.05) is 115 Å². The number of fused-ring (bicyclic) bond motifs is 10. The molecule has 0 aliphatic carbocycles. The number of hydrogen-bond acceptors (Lipinski definition) is 2. The van der Waals surface area contributed by atoms with Crippen molar-refractivity contribution >= 4 is 32.8 Å². The molecule has 5 nitrogen and oxygen atoms in total. The maximum Gasteiger partial charge on any atom is 0.268 e. The average Bonchev–Trinajstić information content (AvgIpc) is 3.78. The molecule has 6 heteroatoms. The fourth-order valence-electron chi connectivity index (χ4n) is 7.93. The molecule has 0 radical (unpaired) electrons. The fourth-order valence-corrected chi connectivity index (χ4v) is 7.93. The first-order chi connectivity index (χ1) is 26.3. The van der Waals surface area contributed by atoms with Crippen LogP contribution >= 0.6 is 0 Å². The summed E-state index contributed by atoms with van der Waals surface area (Å²) < 4.78 is 13.0. The van der Waals surface area contributed by atoms with Crippen molar-refractivity contribution in [3.8, 4) is 62.1 Å². The molecule has 0 N–H and O–H groups in total. The summed E-state index contributed by atoms with van der Waals surface area (Å²) in [6.07, 6.45) is 5.56. The molecule has 11 rings (SSSR count). The molecular formula is C48H28N4OPt-2. The van der Waals surface area contributed by atoms with Gasteiger partial charge >= 0.3 is 0 Å². The second-order valence-corrected chi connectivity index (χ2v) is 13.2. The van der Waals surface area contributed by atoms with Crippen LogP contribution in [0.4, 0.5) is 0 Å². The van der Waals surface area contributed by atoms with Crippen LogP contribution in [0.5, 0.6) is 11.5 Å². The van der Waals surface area contributed by atoms with E-state index in [4.69, 9.17) is 4.74 Å². The predicted molar refractivity (Wildman–Crippen MR) is 210 cm³/mol. The molecule has 1 aliphatic heterocycles. The smallest absolute Gasteiger partial charge is 0.268 e. The zero-order valence-electron chi connectivity index (χ0n) is 28.7. The van der Waals surface area contributed by atoms with Gasteiger partial charge in [0.25, 0.3) is 6.33 Å². The SMILES string of the molecule is [Pt].[c-]1c(Oc2[c-]c3c(cc2)c2ccccc2n3-c2ccccn2)cccc1-n1[c-][n+]2c3c(cccc31)-c1ccccc1-c1ccccc1-c1ccccc1-2. The molecule has 7 aromatic carbocycles. The Kier molecular flexibility index (Phi) is 7.64. The van der Waals surface area contributed by atoms with E-state index in [2.05, 4.69) is 158 Å². The molecule has 0 atom stereocenters. The Bertz CT molecular complexity index is 3050.